The molecule has 0 bridgehead atoms. The second-order valence-corrected chi connectivity index (χ2v) is 10.1. The summed E-state index contributed by atoms with van der Waals surface area (Å²) in [6, 6.07) is 28.0. The quantitative estimate of drug-likeness (QED) is 0.390. The average Bonchev–Trinajstić information content (AvgIpc) is 2.91. The Morgan fingerprint density at radius 3 is 2.06 bits per heavy atom. The number of nitrogens with one attached hydrogen (secondary N) is 1. The first-order valence-corrected chi connectivity index (χ1v) is 12.7. The Bertz CT molecular complexity index is 1240. The van der Waals surface area contributed by atoms with Crippen LogP contribution in [-0.4, -0.2) is 39.3 Å². The van der Waals surface area contributed by atoms with Crippen LogP contribution in [0.15, 0.2) is 103 Å². The molecule has 0 aromatic heterocycles. The van der Waals surface area contributed by atoms with Crippen LogP contribution >= 0.6 is 11.8 Å². The second-order valence-electron chi connectivity index (χ2n) is 8.87. The van der Waals surface area contributed by atoms with Crippen molar-refractivity contribution in [2.75, 3.05) is 0 Å². The van der Waals surface area contributed by atoms with E-state index < -0.39 is 17.4 Å². The molecule has 7 heteroatoms. The number of fused-ring (bicyclic) bond motifs is 1. The summed E-state index contributed by atoms with van der Waals surface area (Å²) in [7, 11) is 0. The van der Waals surface area contributed by atoms with E-state index in [9.17, 15) is 14.4 Å². The zero-order chi connectivity index (χ0) is 25.1. The molecule has 0 saturated carbocycles. The van der Waals surface area contributed by atoms with E-state index in [1.165, 1.54) is 11.8 Å². The van der Waals surface area contributed by atoms with Crippen LogP contribution in [0.2, 0.25) is 0 Å². The van der Waals surface area contributed by atoms with Gasteiger partial charge in [-0.05, 0) is 29.2 Å². The number of carbonyl (C=O) groups is 3. The highest BCUT2D eigenvalue weighted by molar-refractivity contribution is 8.01. The number of carbonyl (C=O) groups excluding carboxylic acids is 3. The van der Waals surface area contributed by atoms with Crippen molar-refractivity contribution in [2.45, 2.75) is 36.1 Å². The molecule has 5 rings (SSSR count). The SMILES string of the molecule is CC1=CN2C(=O)C(NC(=O)Cc3ccccc3)[C@H]2SC1C(=O)OC(c1ccccc1)c1ccccc1. The number of rotatable bonds is 7. The van der Waals surface area contributed by atoms with Gasteiger partial charge < -0.3 is 15.0 Å². The lowest BCUT2D eigenvalue weighted by molar-refractivity contribution is -0.148. The Morgan fingerprint density at radius 1 is 0.917 bits per heavy atom. The Labute approximate surface area is 214 Å². The van der Waals surface area contributed by atoms with Gasteiger partial charge in [-0.2, -0.15) is 0 Å². The molecule has 3 aromatic rings. The van der Waals surface area contributed by atoms with Crippen LogP contribution in [0.25, 0.3) is 0 Å². The highest BCUT2D eigenvalue weighted by Crippen LogP contribution is 2.41. The van der Waals surface area contributed by atoms with Crippen molar-refractivity contribution in [3.8, 4) is 0 Å². The normalized spacial score (nSPS) is 20.7. The van der Waals surface area contributed by atoms with Crippen molar-refractivity contribution in [2.24, 2.45) is 0 Å². The van der Waals surface area contributed by atoms with E-state index in [1.54, 1.807) is 11.1 Å². The van der Waals surface area contributed by atoms with Crippen molar-refractivity contribution in [1.82, 2.24) is 10.2 Å². The van der Waals surface area contributed by atoms with E-state index in [4.69, 9.17) is 4.74 Å². The molecule has 6 nitrogen and oxygen atoms in total. The van der Waals surface area contributed by atoms with E-state index in [1.807, 2.05) is 97.9 Å². The van der Waals surface area contributed by atoms with Crippen LogP contribution in [-0.2, 0) is 25.5 Å². The lowest BCUT2D eigenvalue weighted by atomic mass is 10.0. The van der Waals surface area contributed by atoms with E-state index in [0.29, 0.717) is 0 Å². The Balaban J connectivity index is 1.29. The first-order chi connectivity index (χ1) is 17.5. The molecule has 2 unspecified atom stereocenters. The first-order valence-electron chi connectivity index (χ1n) is 11.8. The van der Waals surface area contributed by atoms with Crippen LogP contribution in [0.4, 0.5) is 0 Å². The van der Waals surface area contributed by atoms with Crippen LogP contribution in [0, 0.1) is 0 Å². The highest BCUT2D eigenvalue weighted by Gasteiger charge is 2.52. The number of ether oxygens (including phenoxy) is 1. The molecular formula is C29H26N2O4S. The summed E-state index contributed by atoms with van der Waals surface area (Å²) < 4.78 is 6.07. The maximum atomic E-state index is 13.4. The number of thioether (sulfide) groups is 1. The third-order valence-corrected chi connectivity index (χ3v) is 7.90. The molecule has 1 saturated heterocycles. The van der Waals surface area contributed by atoms with Crippen molar-refractivity contribution in [1.29, 1.82) is 0 Å². The molecule has 1 N–H and O–H groups in total. The summed E-state index contributed by atoms with van der Waals surface area (Å²) in [5, 5.41) is 1.91. The summed E-state index contributed by atoms with van der Waals surface area (Å²) in [4.78, 5) is 40.3. The molecule has 2 heterocycles. The smallest absolute Gasteiger partial charge is 0.324 e. The number of benzene rings is 3. The number of amides is 2. The van der Waals surface area contributed by atoms with Crippen LogP contribution < -0.4 is 5.32 Å². The van der Waals surface area contributed by atoms with Crippen LogP contribution in [0.5, 0.6) is 0 Å². The predicted molar refractivity (Wildman–Crippen MR) is 139 cm³/mol. The van der Waals surface area contributed by atoms with Gasteiger partial charge in [0.2, 0.25) is 5.91 Å². The van der Waals surface area contributed by atoms with E-state index in [-0.39, 0.29) is 29.6 Å². The van der Waals surface area contributed by atoms with Gasteiger partial charge in [0.25, 0.3) is 5.91 Å². The molecule has 36 heavy (non-hydrogen) atoms. The van der Waals surface area contributed by atoms with Gasteiger partial charge in [-0.15, -0.1) is 11.8 Å². The van der Waals surface area contributed by atoms with Crippen molar-refractivity contribution >= 4 is 29.5 Å². The number of β-lactam (4-membered cyclic amide) rings is 1. The molecule has 182 valence electrons. The first kappa shape index (κ1) is 23.9. The molecule has 0 aliphatic carbocycles. The van der Waals surface area contributed by atoms with Gasteiger partial charge in [-0.1, -0.05) is 91.0 Å². The van der Waals surface area contributed by atoms with Gasteiger partial charge in [-0.25, -0.2) is 0 Å². The monoisotopic (exact) mass is 498 g/mol. The summed E-state index contributed by atoms with van der Waals surface area (Å²) in [5.41, 5.74) is 3.38. The zero-order valence-electron chi connectivity index (χ0n) is 19.7. The average molecular weight is 499 g/mol. The lowest BCUT2D eigenvalue weighted by Crippen LogP contribution is -2.69. The molecular weight excluding hydrogens is 472 g/mol. The fourth-order valence-electron chi connectivity index (χ4n) is 4.44. The van der Waals surface area contributed by atoms with E-state index in [2.05, 4.69) is 5.32 Å². The summed E-state index contributed by atoms with van der Waals surface area (Å²) in [5.74, 6) is -0.773. The van der Waals surface area contributed by atoms with E-state index >= 15 is 0 Å². The van der Waals surface area contributed by atoms with Crippen molar-refractivity contribution in [3.05, 3.63) is 119 Å². The van der Waals surface area contributed by atoms with Crippen molar-refractivity contribution < 1.29 is 19.1 Å². The number of hydrogen-bond acceptors (Lipinski definition) is 5. The third-order valence-electron chi connectivity index (χ3n) is 6.29. The highest BCUT2D eigenvalue weighted by atomic mass is 32.2. The molecule has 0 spiro atoms. The third kappa shape index (κ3) is 4.93. The maximum absolute atomic E-state index is 13.4. The molecule has 1 fully saturated rings. The predicted octanol–water partition coefficient (Wildman–Crippen LogP) is 4.23. The minimum Gasteiger partial charge on any atom is -0.451 e. The molecule has 0 radical (unpaired) electrons. The van der Waals surface area contributed by atoms with Crippen LogP contribution in [0.3, 0.4) is 0 Å². The summed E-state index contributed by atoms with van der Waals surface area (Å²) in [6.45, 7) is 1.82. The fourth-order valence-corrected chi connectivity index (χ4v) is 5.80. The number of nitrogens with zero attached hydrogens (tertiary/aromatic N) is 1. The van der Waals surface area contributed by atoms with Gasteiger partial charge >= 0.3 is 5.97 Å². The molecule has 3 aromatic carbocycles. The molecule has 2 aliphatic heterocycles. The Kier molecular flexibility index (Phi) is 6.91. The fraction of sp³-hybridized carbons (Fsp3) is 0.207. The van der Waals surface area contributed by atoms with Gasteiger partial charge in [0, 0.05) is 6.20 Å². The molecule has 2 aliphatic rings. The largest absolute Gasteiger partial charge is 0.451 e. The molecule has 3 atom stereocenters. The summed E-state index contributed by atoms with van der Waals surface area (Å²) in [6.07, 6.45) is 1.35. The minimum absolute atomic E-state index is 0.175. The second kappa shape index (κ2) is 10.4. The summed E-state index contributed by atoms with van der Waals surface area (Å²) >= 11 is 1.34. The van der Waals surface area contributed by atoms with E-state index in [0.717, 1.165) is 22.3 Å². The Hall–Kier alpha value is -3.84. The zero-order valence-corrected chi connectivity index (χ0v) is 20.6. The lowest BCUT2D eigenvalue weighted by Gasteiger charge is -2.48. The number of hydrogen-bond donors (Lipinski definition) is 1. The van der Waals surface area contributed by atoms with Crippen LogP contribution in [0.1, 0.15) is 29.7 Å². The maximum Gasteiger partial charge on any atom is 0.324 e. The van der Waals surface area contributed by atoms with Gasteiger partial charge in [0.1, 0.15) is 16.7 Å². The molecule has 2 amide bonds. The topological polar surface area (TPSA) is 75.7 Å². The van der Waals surface area contributed by atoms with Gasteiger partial charge in [-0.3, -0.25) is 14.4 Å². The van der Waals surface area contributed by atoms with Gasteiger partial charge in [0.15, 0.2) is 6.10 Å². The Morgan fingerprint density at radius 2 is 1.47 bits per heavy atom. The van der Waals surface area contributed by atoms with Gasteiger partial charge in [0.05, 0.1) is 6.42 Å². The minimum atomic E-state index is -0.676. The standard InChI is InChI=1S/C29H26N2O4S/c1-19-18-31-27(33)24(30-23(32)17-20-11-5-2-6-12-20)28(31)36-26(19)29(34)35-25(21-13-7-3-8-14-21)22-15-9-4-10-16-22/h2-16,18,24-26,28H,17H2,1H3,(H,30,32)/t24?,26?,28-/m1/s1. The number of esters is 1. The van der Waals surface area contributed by atoms with Crippen molar-refractivity contribution in [3.63, 3.8) is 0 Å².